The minimum atomic E-state index is -0.609. The van der Waals surface area contributed by atoms with E-state index in [1.54, 1.807) is 6.20 Å². The molecule has 1 amide bonds. The van der Waals surface area contributed by atoms with Gasteiger partial charge >= 0.3 is 6.09 Å². The molecule has 1 aliphatic rings. The maximum atomic E-state index is 12.1. The van der Waals surface area contributed by atoms with Crippen LogP contribution in [-0.2, 0) is 11.3 Å². The van der Waals surface area contributed by atoms with E-state index in [1.165, 1.54) is 6.26 Å². The fourth-order valence-corrected chi connectivity index (χ4v) is 4.25. The van der Waals surface area contributed by atoms with E-state index in [4.69, 9.17) is 23.0 Å². The molecule has 10 nitrogen and oxygen atoms in total. The number of carbonyl (C=O) groups excluding carboxylic acids is 1. The van der Waals surface area contributed by atoms with Crippen molar-refractivity contribution in [1.29, 1.82) is 0 Å². The topological polar surface area (TPSA) is 121 Å². The number of rotatable bonds is 11. The van der Waals surface area contributed by atoms with Gasteiger partial charge in [0.1, 0.15) is 11.3 Å². The maximum absolute atomic E-state index is 12.1. The van der Waals surface area contributed by atoms with E-state index in [9.17, 15) is 4.79 Å². The van der Waals surface area contributed by atoms with Crippen molar-refractivity contribution in [2.75, 3.05) is 26.3 Å². The third-order valence-corrected chi connectivity index (χ3v) is 6.10. The van der Waals surface area contributed by atoms with E-state index < -0.39 is 6.09 Å². The summed E-state index contributed by atoms with van der Waals surface area (Å²) in [6, 6.07) is 9.64. The Morgan fingerprint density at radius 3 is 3.03 bits per heavy atom. The van der Waals surface area contributed by atoms with Gasteiger partial charge in [-0.3, -0.25) is 4.98 Å². The predicted octanol–water partition coefficient (Wildman–Crippen LogP) is 4.62. The number of nitrogens with one attached hydrogen (secondary N) is 2. The molecule has 1 saturated heterocycles. The van der Waals surface area contributed by atoms with E-state index in [-0.39, 0.29) is 17.9 Å². The van der Waals surface area contributed by atoms with Crippen LogP contribution in [0.25, 0.3) is 22.6 Å². The van der Waals surface area contributed by atoms with Crippen molar-refractivity contribution in [3.05, 3.63) is 60.1 Å². The van der Waals surface area contributed by atoms with Crippen LogP contribution in [0, 0.1) is 6.92 Å². The molecule has 5 rings (SSSR count). The minimum absolute atomic E-state index is 0.0261. The number of aromatic nitrogens is 2. The molecule has 10 heteroatoms. The van der Waals surface area contributed by atoms with Crippen molar-refractivity contribution in [2.24, 2.45) is 0 Å². The third kappa shape index (κ3) is 6.28. The molecule has 0 saturated carbocycles. The van der Waals surface area contributed by atoms with Crippen molar-refractivity contribution < 1.29 is 27.8 Å². The zero-order chi connectivity index (χ0) is 25.5. The number of carbonyl (C=O) groups is 1. The summed E-state index contributed by atoms with van der Waals surface area (Å²) in [5.74, 6) is 1.46. The summed E-state index contributed by atoms with van der Waals surface area (Å²) < 4.78 is 28.4. The van der Waals surface area contributed by atoms with Crippen molar-refractivity contribution in [1.82, 2.24) is 20.6 Å². The molecule has 0 radical (unpaired) electrons. The third-order valence-electron chi connectivity index (χ3n) is 6.10. The van der Waals surface area contributed by atoms with Gasteiger partial charge in [0.15, 0.2) is 12.0 Å². The monoisotopic (exact) mass is 506 g/mol. The Morgan fingerprint density at radius 1 is 1.24 bits per heavy atom. The van der Waals surface area contributed by atoms with E-state index >= 15 is 0 Å². The SMILES string of the molecule is Cc1c(-c2nc(OC(=O)NCC3CCCO3)co2)oc2cccc(OCCCNCc3cccnc3)c12. The molecule has 0 spiro atoms. The molecule has 1 aromatic carbocycles. The number of ether oxygens (including phenoxy) is 3. The van der Waals surface area contributed by atoms with Crippen LogP contribution in [0.5, 0.6) is 11.6 Å². The van der Waals surface area contributed by atoms with Gasteiger partial charge in [0, 0.05) is 37.7 Å². The summed E-state index contributed by atoms with van der Waals surface area (Å²) in [5, 5.41) is 6.94. The highest BCUT2D eigenvalue weighted by atomic mass is 16.6. The first kappa shape index (κ1) is 24.8. The highest BCUT2D eigenvalue weighted by Crippen LogP contribution is 2.38. The molecule has 0 aliphatic carbocycles. The fourth-order valence-electron chi connectivity index (χ4n) is 4.25. The molecule has 1 atom stereocenters. The van der Waals surface area contributed by atoms with Crippen LogP contribution in [-0.4, -0.2) is 48.5 Å². The van der Waals surface area contributed by atoms with Gasteiger partial charge in [0.05, 0.1) is 18.1 Å². The van der Waals surface area contributed by atoms with E-state index in [0.717, 1.165) is 61.2 Å². The number of hydrogen-bond donors (Lipinski definition) is 2. The minimum Gasteiger partial charge on any atom is -0.493 e. The molecule has 1 aliphatic heterocycles. The van der Waals surface area contributed by atoms with Gasteiger partial charge in [0.2, 0.25) is 0 Å². The summed E-state index contributed by atoms with van der Waals surface area (Å²) in [4.78, 5) is 20.5. The van der Waals surface area contributed by atoms with Crippen LogP contribution in [0.15, 0.2) is 57.8 Å². The number of pyridine rings is 1. The first-order valence-corrected chi connectivity index (χ1v) is 12.4. The lowest BCUT2D eigenvalue weighted by molar-refractivity contribution is 0.108. The van der Waals surface area contributed by atoms with Crippen LogP contribution in [0.2, 0.25) is 0 Å². The first-order valence-electron chi connectivity index (χ1n) is 12.4. The Labute approximate surface area is 214 Å². The lowest BCUT2D eigenvalue weighted by Gasteiger charge is -2.09. The lowest BCUT2D eigenvalue weighted by atomic mass is 10.1. The van der Waals surface area contributed by atoms with E-state index in [0.29, 0.717) is 24.5 Å². The Hall–Kier alpha value is -3.89. The van der Waals surface area contributed by atoms with E-state index in [2.05, 4.69) is 20.6 Å². The highest BCUT2D eigenvalue weighted by molar-refractivity contribution is 5.91. The Bertz CT molecular complexity index is 1310. The van der Waals surface area contributed by atoms with Crippen LogP contribution >= 0.6 is 0 Å². The predicted molar refractivity (Wildman–Crippen MR) is 136 cm³/mol. The summed E-state index contributed by atoms with van der Waals surface area (Å²) in [6.07, 6.45) is 7.09. The van der Waals surface area contributed by atoms with Crippen molar-refractivity contribution >= 4 is 17.1 Å². The number of oxazole rings is 1. The smallest absolute Gasteiger partial charge is 0.414 e. The standard InChI is InChI=1S/C27H30N4O6/c1-18-24-21(34-13-5-11-29-15-19-6-3-10-28-14-19)8-2-9-22(24)36-25(18)26-31-23(17-35-26)37-27(32)30-16-20-7-4-12-33-20/h2-3,6,8-10,14,17,20,29H,4-5,7,11-13,15-16H2,1H3,(H,30,32). The number of hydrogen-bond acceptors (Lipinski definition) is 9. The number of fused-ring (bicyclic) bond motifs is 1. The van der Waals surface area contributed by atoms with Gasteiger partial charge < -0.3 is 33.7 Å². The lowest BCUT2D eigenvalue weighted by Crippen LogP contribution is -2.33. The van der Waals surface area contributed by atoms with Crippen molar-refractivity contribution in [3.8, 4) is 23.3 Å². The van der Waals surface area contributed by atoms with Gasteiger partial charge in [-0.1, -0.05) is 12.1 Å². The Morgan fingerprint density at radius 2 is 2.19 bits per heavy atom. The summed E-state index contributed by atoms with van der Waals surface area (Å²) in [5.41, 5.74) is 2.64. The summed E-state index contributed by atoms with van der Waals surface area (Å²) in [6.45, 7) is 5.18. The van der Waals surface area contributed by atoms with Crippen LogP contribution < -0.4 is 20.1 Å². The van der Waals surface area contributed by atoms with Gasteiger partial charge in [-0.15, -0.1) is 0 Å². The quantitative estimate of drug-likeness (QED) is 0.281. The number of furan rings is 1. The second kappa shape index (κ2) is 11.9. The van der Waals surface area contributed by atoms with Crippen molar-refractivity contribution in [3.63, 3.8) is 0 Å². The molecular weight excluding hydrogens is 476 g/mol. The van der Waals surface area contributed by atoms with Gasteiger partial charge in [-0.2, -0.15) is 4.98 Å². The Balaban J connectivity index is 1.16. The number of nitrogens with zero attached hydrogens (tertiary/aromatic N) is 2. The zero-order valence-corrected chi connectivity index (χ0v) is 20.7. The Kier molecular flexibility index (Phi) is 7.97. The maximum Gasteiger partial charge on any atom is 0.414 e. The molecule has 4 aromatic rings. The zero-order valence-electron chi connectivity index (χ0n) is 20.7. The molecule has 3 aromatic heterocycles. The largest absolute Gasteiger partial charge is 0.493 e. The molecule has 0 bridgehead atoms. The molecule has 1 fully saturated rings. The average Bonchev–Trinajstić information content (AvgIpc) is 3.67. The first-order chi connectivity index (χ1) is 18.2. The van der Waals surface area contributed by atoms with Crippen LogP contribution in [0.3, 0.4) is 0 Å². The summed E-state index contributed by atoms with van der Waals surface area (Å²) in [7, 11) is 0. The van der Waals surface area contributed by atoms with Crippen LogP contribution in [0.4, 0.5) is 4.79 Å². The second-order valence-electron chi connectivity index (χ2n) is 8.82. The van der Waals surface area contributed by atoms with Gasteiger partial charge in [-0.05, 0) is 56.5 Å². The number of aryl methyl sites for hydroxylation is 1. The molecule has 37 heavy (non-hydrogen) atoms. The number of amides is 1. The normalized spacial score (nSPS) is 15.2. The molecule has 2 N–H and O–H groups in total. The second-order valence-corrected chi connectivity index (χ2v) is 8.82. The molecule has 194 valence electrons. The average molecular weight is 507 g/mol. The van der Waals surface area contributed by atoms with Crippen molar-refractivity contribution in [2.45, 2.75) is 38.8 Å². The van der Waals surface area contributed by atoms with Gasteiger partial charge in [-0.25, -0.2) is 4.79 Å². The summed E-state index contributed by atoms with van der Waals surface area (Å²) >= 11 is 0. The fraction of sp³-hybridized carbons (Fsp3) is 0.370. The molecule has 1 unspecified atom stereocenters. The molecular formula is C27H30N4O6. The highest BCUT2D eigenvalue weighted by Gasteiger charge is 2.22. The van der Waals surface area contributed by atoms with E-state index in [1.807, 2.05) is 43.5 Å². The van der Waals surface area contributed by atoms with Crippen LogP contribution in [0.1, 0.15) is 30.4 Å². The number of benzene rings is 1. The van der Waals surface area contributed by atoms with Gasteiger partial charge in [0.25, 0.3) is 11.8 Å². The molecule has 4 heterocycles.